The van der Waals surface area contributed by atoms with Crippen molar-refractivity contribution in [3.63, 3.8) is 0 Å². The minimum absolute atomic E-state index is 0.000826. The number of aliphatic hydroxyl groups is 1. The number of methoxy groups -OCH3 is 1. The smallest absolute Gasteiger partial charge is 0.471 e. The number of ketones is 2. The van der Waals surface area contributed by atoms with Crippen molar-refractivity contribution in [3.8, 4) is 11.5 Å². The summed E-state index contributed by atoms with van der Waals surface area (Å²) in [6, 6.07) is 4.63. The quantitative estimate of drug-likeness (QED) is 0.218. The first-order valence-corrected chi connectivity index (χ1v) is 14.4. The van der Waals surface area contributed by atoms with Gasteiger partial charge in [0.25, 0.3) is 0 Å². The summed E-state index contributed by atoms with van der Waals surface area (Å²) in [5.41, 5.74) is -2.92. The third-order valence-electron chi connectivity index (χ3n) is 8.56. The van der Waals surface area contributed by atoms with Gasteiger partial charge in [-0.05, 0) is 6.92 Å². The third-order valence-corrected chi connectivity index (χ3v) is 8.56. The van der Waals surface area contributed by atoms with Gasteiger partial charge in [0.15, 0.2) is 17.9 Å². The van der Waals surface area contributed by atoms with Crippen molar-refractivity contribution < 1.29 is 66.6 Å². The largest absolute Gasteiger partial charge is 0.507 e. The minimum Gasteiger partial charge on any atom is -0.507 e. The summed E-state index contributed by atoms with van der Waals surface area (Å²) in [4.78, 5) is 50.2. The fourth-order valence-corrected chi connectivity index (χ4v) is 6.51. The molecule has 1 aliphatic heterocycles. The van der Waals surface area contributed by atoms with Crippen LogP contribution in [0.2, 0.25) is 0 Å². The number of aromatic hydroxyl groups is 2. The Balaban J connectivity index is 1.56. The third kappa shape index (κ3) is 6.07. The molecule has 2 aliphatic carbocycles. The summed E-state index contributed by atoms with van der Waals surface area (Å²) in [6.45, 7) is 2.42. The number of fused-ring (bicyclic) bond motifs is 3. The number of rotatable bonds is 7. The first-order chi connectivity index (χ1) is 21.6. The molecule has 0 aromatic heterocycles. The summed E-state index contributed by atoms with van der Waals surface area (Å²) in [6.07, 6.45) is -11.0. The molecule has 0 saturated carbocycles. The van der Waals surface area contributed by atoms with E-state index in [1.807, 2.05) is 5.32 Å². The fraction of sp³-hybridized carbons (Fsp3) is 0.484. The summed E-state index contributed by atoms with van der Waals surface area (Å²) in [5.74, 6) is -5.63. The number of carbonyl (C=O) groups excluding carboxylic acids is 4. The first-order valence-electron chi connectivity index (χ1n) is 14.4. The van der Waals surface area contributed by atoms with Crippen LogP contribution in [-0.2, 0) is 35.0 Å². The van der Waals surface area contributed by atoms with E-state index in [1.165, 1.54) is 45.2 Å². The van der Waals surface area contributed by atoms with Crippen LogP contribution in [-0.4, -0.2) is 88.8 Å². The number of hydrogen-bond acceptors (Lipinski definition) is 11. The van der Waals surface area contributed by atoms with Gasteiger partial charge in [-0.15, -0.1) is 0 Å². The Morgan fingerprint density at radius 3 is 2.26 bits per heavy atom. The van der Waals surface area contributed by atoms with Gasteiger partial charge < -0.3 is 39.6 Å². The molecular weight excluding hydrogens is 619 g/mol. The number of nitrogens with one attached hydrogen (secondary N) is 1. The molecule has 0 bridgehead atoms. The van der Waals surface area contributed by atoms with E-state index in [1.54, 1.807) is 0 Å². The zero-order valence-corrected chi connectivity index (χ0v) is 25.0. The predicted octanol–water partition coefficient (Wildman–Crippen LogP) is 2.76. The number of ether oxygens (including phenoxy) is 4. The van der Waals surface area contributed by atoms with Gasteiger partial charge in [0, 0.05) is 62.0 Å². The Morgan fingerprint density at radius 1 is 1.09 bits per heavy atom. The van der Waals surface area contributed by atoms with E-state index in [0.717, 1.165) is 0 Å². The Kier molecular flexibility index (Phi) is 8.90. The first kappa shape index (κ1) is 33.3. The highest BCUT2D eigenvalue weighted by atomic mass is 19.4. The zero-order valence-electron chi connectivity index (χ0n) is 25.0. The number of phenols is 2. The van der Waals surface area contributed by atoms with Crippen LogP contribution in [0, 0.1) is 0 Å². The van der Waals surface area contributed by atoms with E-state index in [4.69, 9.17) is 18.9 Å². The Hall–Kier alpha value is -4.05. The van der Waals surface area contributed by atoms with Crippen molar-refractivity contribution >= 4 is 23.4 Å². The maximum absolute atomic E-state index is 13.5. The Labute approximate surface area is 260 Å². The second kappa shape index (κ2) is 12.3. The van der Waals surface area contributed by atoms with Crippen LogP contribution in [0.5, 0.6) is 11.5 Å². The normalized spacial score (nSPS) is 27.3. The minimum atomic E-state index is -5.18. The molecule has 4 N–H and O–H groups in total. The molecule has 1 heterocycles. The topological polar surface area (TPSA) is 178 Å². The maximum atomic E-state index is 13.5. The molecule has 6 atom stereocenters. The van der Waals surface area contributed by atoms with E-state index in [-0.39, 0.29) is 54.5 Å². The molecular formula is C31H32F3NO11. The number of benzene rings is 2. The molecule has 3 aliphatic rings. The van der Waals surface area contributed by atoms with Gasteiger partial charge in [-0.2, -0.15) is 13.2 Å². The van der Waals surface area contributed by atoms with E-state index >= 15 is 0 Å². The highest BCUT2D eigenvalue weighted by molar-refractivity contribution is 6.30. The van der Waals surface area contributed by atoms with Crippen LogP contribution >= 0.6 is 0 Å². The number of esters is 1. The van der Waals surface area contributed by atoms with Crippen molar-refractivity contribution in [3.05, 3.63) is 57.6 Å². The number of phenolic OH excluding ortho intramolecular Hbond substituents is 2. The second-order valence-corrected chi connectivity index (χ2v) is 11.6. The van der Waals surface area contributed by atoms with Crippen LogP contribution in [0.3, 0.4) is 0 Å². The van der Waals surface area contributed by atoms with Gasteiger partial charge in [0.05, 0.1) is 41.6 Å². The number of carbonyl (C=O) groups is 4. The molecule has 248 valence electrons. The van der Waals surface area contributed by atoms with Crippen molar-refractivity contribution in [2.45, 2.75) is 82.0 Å². The van der Waals surface area contributed by atoms with Gasteiger partial charge >= 0.3 is 18.1 Å². The monoisotopic (exact) mass is 651 g/mol. The van der Waals surface area contributed by atoms with E-state index in [2.05, 4.69) is 0 Å². The van der Waals surface area contributed by atoms with Gasteiger partial charge in [-0.25, -0.2) is 0 Å². The van der Waals surface area contributed by atoms with Gasteiger partial charge in [-0.1, -0.05) is 24.3 Å². The average molecular weight is 652 g/mol. The molecule has 15 heteroatoms. The molecule has 12 nitrogen and oxygen atoms in total. The molecule has 1 saturated heterocycles. The van der Waals surface area contributed by atoms with E-state index in [9.17, 15) is 47.7 Å². The lowest BCUT2D eigenvalue weighted by atomic mass is 9.72. The lowest BCUT2D eigenvalue weighted by Gasteiger charge is -2.44. The Bertz CT molecular complexity index is 1590. The number of halogens is 3. The maximum Gasteiger partial charge on any atom is 0.471 e. The van der Waals surface area contributed by atoms with Gasteiger partial charge in [0.2, 0.25) is 0 Å². The van der Waals surface area contributed by atoms with E-state index in [0.29, 0.717) is 0 Å². The molecule has 0 spiro atoms. The molecule has 0 unspecified atom stereocenters. The summed E-state index contributed by atoms with van der Waals surface area (Å²) >= 11 is 0. The van der Waals surface area contributed by atoms with Crippen molar-refractivity contribution in [1.29, 1.82) is 0 Å². The molecule has 1 amide bonds. The van der Waals surface area contributed by atoms with E-state index < -0.39 is 88.5 Å². The van der Waals surface area contributed by atoms with Gasteiger partial charge in [-0.3, -0.25) is 19.2 Å². The van der Waals surface area contributed by atoms with Crippen LogP contribution in [0.15, 0.2) is 24.3 Å². The van der Waals surface area contributed by atoms with Crippen LogP contribution in [0.25, 0.3) is 0 Å². The van der Waals surface area contributed by atoms with Crippen molar-refractivity contribution in [1.82, 2.24) is 5.32 Å². The average Bonchev–Trinajstić information content (AvgIpc) is 2.96. The molecule has 46 heavy (non-hydrogen) atoms. The highest BCUT2D eigenvalue weighted by Gasteiger charge is 2.49. The van der Waals surface area contributed by atoms with Crippen molar-refractivity contribution in [2.75, 3.05) is 13.7 Å². The number of amides is 1. The number of alkyl halides is 3. The van der Waals surface area contributed by atoms with Crippen LogP contribution in [0.1, 0.15) is 82.2 Å². The van der Waals surface area contributed by atoms with Gasteiger partial charge in [0.1, 0.15) is 17.6 Å². The molecule has 2 aromatic rings. The number of hydrogen-bond donors (Lipinski definition) is 4. The summed E-state index contributed by atoms with van der Waals surface area (Å²) in [7, 11) is 1.24. The predicted molar refractivity (Wildman–Crippen MR) is 149 cm³/mol. The fourth-order valence-electron chi connectivity index (χ4n) is 6.51. The molecule has 2 aromatic carbocycles. The molecule has 5 rings (SSSR count). The SMILES string of the molecule is CO[C@H]1[C@@H](NC(=O)C(F)(F)F)C[C@H](O[C@H]2C[C@](O)(CCOC(C)=O)Cc3c(O)c4c(c(O)c32)C(=O)c2ccccc2C4=O)O[C@H]1C. The van der Waals surface area contributed by atoms with Crippen LogP contribution < -0.4 is 5.32 Å². The zero-order chi connectivity index (χ0) is 33.7. The second-order valence-electron chi connectivity index (χ2n) is 11.6. The molecule has 1 fully saturated rings. The Morgan fingerprint density at radius 2 is 1.70 bits per heavy atom. The molecule has 0 radical (unpaired) electrons. The standard InChI is InChI=1S/C31H32F3NO11/c1-13-28(43-3)18(35-29(41)31(32,33)34)10-20(45-13)46-19-12-30(42,8-9-44-14(2)36)11-17-21(19)27(40)23-22(26(17)39)24(37)15-6-4-5-7-16(15)25(23)38/h4-7,13,18-20,28,39-40,42H,8-12H2,1-3H3,(H,35,41)/t13-,18-,19-,20-,28+,30-/m0/s1. The summed E-state index contributed by atoms with van der Waals surface area (Å²) < 4.78 is 61.6. The summed E-state index contributed by atoms with van der Waals surface area (Å²) in [5, 5.41) is 36.6. The lowest BCUT2D eigenvalue weighted by Crippen LogP contribution is -2.58. The lowest BCUT2D eigenvalue weighted by molar-refractivity contribution is -0.254. The van der Waals surface area contributed by atoms with Crippen LogP contribution in [0.4, 0.5) is 13.2 Å². The highest BCUT2D eigenvalue weighted by Crippen LogP contribution is 2.52. The van der Waals surface area contributed by atoms with Crippen molar-refractivity contribution in [2.24, 2.45) is 0 Å².